The molecule has 1 aromatic rings. The zero-order valence-corrected chi connectivity index (χ0v) is 18.7. The lowest BCUT2D eigenvalue weighted by Gasteiger charge is -2.20. The Morgan fingerprint density at radius 1 is 1.11 bits per heavy atom. The smallest absolute Gasteiger partial charge is 0.266 e. The monoisotopic (exact) mass is 424 g/mol. The van der Waals surface area contributed by atoms with Crippen molar-refractivity contribution < 1.29 is 19.0 Å². The average Bonchev–Trinajstić information content (AvgIpc) is 2.97. The van der Waals surface area contributed by atoms with E-state index in [0.717, 1.165) is 31.6 Å². The van der Waals surface area contributed by atoms with E-state index in [1.165, 1.54) is 11.8 Å². The van der Waals surface area contributed by atoms with Gasteiger partial charge in [0.2, 0.25) is 5.75 Å². The third-order valence-electron chi connectivity index (χ3n) is 4.61. The molecule has 0 atom stereocenters. The SMILES string of the molecule is CCN(CC)CCCN1C(=O)/C(=C/c2cc(OC)c(OC)c(OC)c2)SC1=S. The number of ether oxygens (including phenoxy) is 3. The van der Waals surface area contributed by atoms with Crippen molar-refractivity contribution in [3.05, 3.63) is 22.6 Å². The van der Waals surface area contributed by atoms with E-state index in [0.29, 0.717) is 33.0 Å². The summed E-state index contributed by atoms with van der Waals surface area (Å²) in [4.78, 5) is 17.4. The molecule has 1 saturated heterocycles. The Labute approximate surface area is 176 Å². The Bertz CT molecular complexity index is 723. The van der Waals surface area contributed by atoms with Crippen LogP contribution in [0.2, 0.25) is 0 Å². The van der Waals surface area contributed by atoms with Crippen LogP contribution in [0.1, 0.15) is 25.8 Å². The van der Waals surface area contributed by atoms with Gasteiger partial charge in [-0.2, -0.15) is 0 Å². The molecule has 28 heavy (non-hydrogen) atoms. The zero-order valence-electron chi connectivity index (χ0n) is 17.1. The molecule has 0 bridgehead atoms. The number of hydrogen-bond acceptors (Lipinski definition) is 7. The van der Waals surface area contributed by atoms with Gasteiger partial charge in [-0.3, -0.25) is 9.69 Å². The van der Waals surface area contributed by atoms with Crippen LogP contribution >= 0.6 is 24.0 Å². The van der Waals surface area contributed by atoms with Crippen molar-refractivity contribution in [1.29, 1.82) is 0 Å². The van der Waals surface area contributed by atoms with Crippen molar-refractivity contribution in [2.75, 3.05) is 47.5 Å². The normalized spacial score (nSPS) is 15.6. The third-order valence-corrected chi connectivity index (χ3v) is 5.99. The van der Waals surface area contributed by atoms with Gasteiger partial charge in [0.1, 0.15) is 4.32 Å². The quantitative estimate of drug-likeness (QED) is 0.420. The number of hydrogen-bond donors (Lipinski definition) is 0. The molecule has 0 spiro atoms. The van der Waals surface area contributed by atoms with Crippen LogP contribution in [-0.2, 0) is 4.79 Å². The summed E-state index contributed by atoms with van der Waals surface area (Å²) < 4.78 is 16.7. The first kappa shape index (κ1) is 22.5. The lowest BCUT2D eigenvalue weighted by molar-refractivity contribution is -0.122. The van der Waals surface area contributed by atoms with Gasteiger partial charge in [0.05, 0.1) is 26.2 Å². The van der Waals surface area contributed by atoms with Gasteiger partial charge in [0.25, 0.3) is 5.91 Å². The highest BCUT2D eigenvalue weighted by Crippen LogP contribution is 2.40. The molecule has 8 heteroatoms. The van der Waals surface area contributed by atoms with E-state index in [2.05, 4.69) is 18.7 Å². The van der Waals surface area contributed by atoms with Gasteiger partial charge in [-0.15, -0.1) is 0 Å². The Hall–Kier alpha value is -1.77. The highest BCUT2D eigenvalue weighted by molar-refractivity contribution is 8.26. The van der Waals surface area contributed by atoms with E-state index < -0.39 is 0 Å². The van der Waals surface area contributed by atoms with Gasteiger partial charge in [-0.25, -0.2) is 0 Å². The summed E-state index contributed by atoms with van der Waals surface area (Å²) in [6, 6.07) is 3.63. The number of methoxy groups -OCH3 is 3. The minimum absolute atomic E-state index is 0.0525. The lowest BCUT2D eigenvalue weighted by atomic mass is 10.1. The Morgan fingerprint density at radius 2 is 1.71 bits per heavy atom. The van der Waals surface area contributed by atoms with Gasteiger partial charge in [-0.1, -0.05) is 37.8 Å². The fraction of sp³-hybridized carbons (Fsp3) is 0.500. The predicted octanol–water partition coefficient (Wildman–Crippen LogP) is 3.65. The number of rotatable bonds is 10. The summed E-state index contributed by atoms with van der Waals surface area (Å²) in [7, 11) is 4.69. The second kappa shape index (κ2) is 10.7. The average molecular weight is 425 g/mol. The second-order valence-electron chi connectivity index (χ2n) is 6.17. The Morgan fingerprint density at radius 3 is 2.21 bits per heavy atom. The fourth-order valence-corrected chi connectivity index (χ4v) is 4.33. The van der Waals surface area contributed by atoms with Gasteiger partial charge < -0.3 is 19.1 Å². The van der Waals surface area contributed by atoms with Crippen molar-refractivity contribution in [1.82, 2.24) is 9.80 Å². The van der Waals surface area contributed by atoms with E-state index in [1.807, 2.05) is 18.2 Å². The van der Waals surface area contributed by atoms with Crippen LogP contribution in [0.15, 0.2) is 17.0 Å². The molecule has 0 radical (unpaired) electrons. The number of carbonyl (C=O) groups is 1. The largest absolute Gasteiger partial charge is 0.493 e. The third kappa shape index (κ3) is 5.18. The maximum absolute atomic E-state index is 12.8. The van der Waals surface area contributed by atoms with Crippen LogP contribution in [0.3, 0.4) is 0 Å². The number of nitrogens with zero attached hydrogens (tertiary/aromatic N) is 2. The topological polar surface area (TPSA) is 51.2 Å². The molecule has 6 nitrogen and oxygen atoms in total. The maximum atomic E-state index is 12.8. The first-order valence-corrected chi connectivity index (χ1v) is 10.5. The van der Waals surface area contributed by atoms with Gasteiger partial charge in [-0.05, 0) is 49.8 Å². The molecule has 1 fully saturated rings. The summed E-state index contributed by atoms with van der Waals surface area (Å²) in [5, 5.41) is 0. The lowest BCUT2D eigenvalue weighted by Crippen LogP contribution is -2.32. The van der Waals surface area contributed by atoms with Crippen LogP contribution in [0.25, 0.3) is 6.08 Å². The number of thiocarbonyl (C=S) groups is 1. The molecule has 1 amide bonds. The number of thioether (sulfide) groups is 1. The standard InChI is InChI=1S/C20H28N2O4S2/c1-6-21(7-2)9-8-10-22-19(23)17(28-20(22)27)13-14-11-15(24-3)18(26-5)16(12-14)25-4/h11-13H,6-10H2,1-5H3/b17-13-. The van der Waals surface area contributed by atoms with Crippen LogP contribution in [0.4, 0.5) is 0 Å². The van der Waals surface area contributed by atoms with Crippen molar-refractivity contribution in [2.24, 2.45) is 0 Å². The summed E-state index contributed by atoms with van der Waals surface area (Å²) in [5.74, 6) is 1.56. The molecule has 1 aliphatic rings. The Kier molecular flexibility index (Phi) is 8.59. The highest BCUT2D eigenvalue weighted by atomic mass is 32.2. The molecular formula is C20H28N2O4S2. The molecule has 2 rings (SSSR count). The van der Waals surface area contributed by atoms with Gasteiger partial charge >= 0.3 is 0 Å². The molecular weight excluding hydrogens is 396 g/mol. The molecule has 0 aliphatic carbocycles. The van der Waals surface area contributed by atoms with Crippen LogP contribution in [0, 0.1) is 0 Å². The zero-order chi connectivity index (χ0) is 20.7. The molecule has 0 aromatic heterocycles. The van der Waals surface area contributed by atoms with Gasteiger partial charge in [0.15, 0.2) is 11.5 Å². The molecule has 1 heterocycles. The maximum Gasteiger partial charge on any atom is 0.266 e. The van der Waals surface area contributed by atoms with Crippen molar-refractivity contribution >= 4 is 40.3 Å². The number of benzene rings is 1. The highest BCUT2D eigenvalue weighted by Gasteiger charge is 2.31. The first-order valence-electron chi connectivity index (χ1n) is 9.26. The molecule has 1 aliphatic heterocycles. The molecule has 0 unspecified atom stereocenters. The van der Waals surface area contributed by atoms with Crippen molar-refractivity contribution in [2.45, 2.75) is 20.3 Å². The van der Waals surface area contributed by atoms with Gasteiger partial charge in [0, 0.05) is 6.54 Å². The molecule has 0 saturated carbocycles. The summed E-state index contributed by atoms with van der Waals surface area (Å²) in [5.41, 5.74) is 0.790. The van der Waals surface area contributed by atoms with E-state index >= 15 is 0 Å². The summed E-state index contributed by atoms with van der Waals surface area (Å²) in [6.07, 6.45) is 2.71. The van der Waals surface area contributed by atoms with E-state index in [1.54, 1.807) is 26.2 Å². The predicted molar refractivity (Wildman–Crippen MR) is 118 cm³/mol. The van der Waals surface area contributed by atoms with Crippen LogP contribution in [-0.4, -0.2) is 67.5 Å². The minimum atomic E-state index is -0.0525. The summed E-state index contributed by atoms with van der Waals surface area (Å²) >= 11 is 6.75. The molecule has 1 aromatic carbocycles. The number of amides is 1. The van der Waals surface area contributed by atoms with Crippen molar-refractivity contribution in [3.8, 4) is 17.2 Å². The second-order valence-corrected chi connectivity index (χ2v) is 7.85. The molecule has 0 N–H and O–H groups in total. The minimum Gasteiger partial charge on any atom is -0.493 e. The summed E-state index contributed by atoms with van der Waals surface area (Å²) in [6.45, 7) is 7.89. The first-order chi connectivity index (χ1) is 13.5. The van der Waals surface area contributed by atoms with E-state index in [-0.39, 0.29) is 5.91 Å². The van der Waals surface area contributed by atoms with E-state index in [4.69, 9.17) is 26.4 Å². The Balaban J connectivity index is 2.17. The number of carbonyl (C=O) groups excluding carboxylic acids is 1. The fourth-order valence-electron chi connectivity index (χ4n) is 3.02. The van der Waals surface area contributed by atoms with Crippen molar-refractivity contribution in [3.63, 3.8) is 0 Å². The van der Waals surface area contributed by atoms with Crippen LogP contribution < -0.4 is 14.2 Å². The van der Waals surface area contributed by atoms with E-state index in [9.17, 15) is 4.79 Å². The van der Waals surface area contributed by atoms with Crippen LogP contribution in [0.5, 0.6) is 17.2 Å². The molecule has 154 valence electrons.